The van der Waals surface area contributed by atoms with Crippen LogP contribution in [0, 0.1) is 16.7 Å². The van der Waals surface area contributed by atoms with Crippen LogP contribution >= 0.6 is 0 Å². The summed E-state index contributed by atoms with van der Waals surface area (Å²) in [5, 5.41) is 18.9. The lowest BCUT2D eigenvalue weighted by molar-refractivity contribution is -0.127. The van der Waals surface area contributed by atoms with Crippen LogP contribution in [-0.2, 0) is 18.4 Å². The van der Waals surface area contributed by atoms with Gasteiger partial charge in [-0.1, -0.05) is 0 Å². The molecule has 80 valence electrons. The molecule has 6 heteroatoms. The zero-order valence-electron chi connectivity index (χ0n) is 8.98. The fourth-order valence-electron chi connectivity index (χ4n) is 0.898. The van der Waals surface area contributed by atoms with Gasteiger partial charge < -0.3 is 9.88 Å². The third kappa shape index (κ3) is 2.53. The fraction of sp³-hybridized carbons (Fsp3) is 0.556. The summed E-state index contributed by atoms with van der Waals surface area (Å²) in [6, 6.07) is 1.93. The molecule has 1 N–H and O–H groups in total. The fourth-order valence-corrected chi connectivity index (χ4v) is 0.898. The Morgan fingerprint density at radius 3 is 2.87 bits per heavy atom. The number of nitrogens with zero attached hydrogens (tertiary/aromatic N) is 4. The van der Waals surface area contributed by atoms with Crippen LogP contribution in [0.3, 0.4) is 0 Å². The molecule has 0 spiro atoms. The molecule has 6 nitrogen and oxygen atoms in total. The van der Waals surface area contributed by atoms with E-state index in [2.05, 4.69) is 15.5 Å². The summed E-state index contributed by atoms with van der Waals surface area (Å²) in [4.78, 5) is 11.5. The van der Waals surface area contributed by atoms with Crippen LogP contribution in [0.25, 0.3) is 0 Å². The van der Waals surface area contributed by atoms with Gasteiger partial charge in [-0.05, 0) is 13.8 Å². The molecule has 0 saturated heterocycles. The molecule has 0 atom stereocenters. The number of amides is 1. The van der Waals surface area contributed by atoms with E-state index in [1.54, 1.807) is 31.8 Å². The van der Waals surface area contributed by atoms with Crippen molar-refractivity contribution in [3.05, 3.63) is 12.2 Å². The first-order valence-corrected chi connectivity index (χ1v) is 4.50. The average Bonchev–Trinajstić information content (AvgIpc) is 2.60. The number of nitrogens with one attached hydrogen (secondary N) is 1. The summed E-state index contributed by atoms with van der Waals surface area (Å²) in [6.07, 6.45) is 1.55. The highest BCUT2D eigenvalue weighted by atomic mass is 16.2. The van der Waals surface area contributed by atoms with Crippen LogP contribution in [0.1, 0.15) is 19.7 Å². The Kier molecular flexibility index (Phi) is 3.04. The van der Waals surface area contributed by atoms with Gasteiger partial charge in [0.15, 0.2) is 5.82 Å². The van der Waals surface area contributed by atoms with E-state index in [0.29, 0.717) is 5.82 Å². The van der Waals surface area contributed by atoms with Crippen molar-refractivity contribution in [2.45, 2.75) is 20.4 Å². The Hall–Kier alpha value is -1.90. The maximum Gasteiger partial charge on any atom is 0.240 e. The quantitative estimate of drug-likeness (QED) is 0.755. The van der Waals surface area contributed by atoms with Gasteiger partial charge in [0.05, 0.1) is 12.6 Å². The highest BCUT2D eigenvalue weighted by Crippen LogP contribution is 2.12. The van der Waals surface area contributed by atoms with Crippen molar-refractivity contribution >= 4 is 5.91 Å². The van der Waals surface area contributed by atoms with Gasteiger partial charge in [0.1, 0.15) is 11.7 Å². The minimum atomic E-state index is -1.02. The predicted molar refractivity (Wildman–Crippen MR) is 52.2 cm³/mol. The van der Waals surface area contributed by atoms with Crippen LogP contribution in [0.4, 0.5) is 0 Å². The Morgan fingerprint density at radius 1 is 1.73 bits per heavy atom. The van der Waals surface area contributed by atoms with Crippen molar-refractivity contribution in [3.8, 4) is 6.07 Å². The van der Waals surface area contributed by atoms with Gasteiger partial charge in [0, 0.05) is 7.05 Å². The summed E-state index contributed by atoms with van der Waals surface area (Å²) in [5.41, 5.74) is -1.02. The maximum absolute atomic E-state index is 11.5. The molecule has 0 aliphatic heterocycles. The van der Waals surface area contributed by atoms with E-state index >= 15 is 0 Å². The molecule has 0 unspecified atom stereocenters. The average molecular weight is 207 g/mol. The first-order chi connectivity index (χ1) is 6.97. The zero-order valence-corrected chi connectivity index (χ0v) is 8.98. The van der Waals surface area contributed by atoms with Gasteiger partial charge in [-0.25, -0.2) is 0 Å². The van der Waals surface area contributed by atoms with E-state index < -0.39 is 5.41 Å². The van der Waals surface area contributed by atoms with Crippen molar-refractivity contribution in [2.24, 2.45) is 12.5 Å². The minimum absolute atomic E-state index is 0.278. The molecule has 0 aliphatic rings. The Labute approximate surface area is 87.9 Å². The summed E-state index contributed by atoms with van der Waals surface area (Å²) in [7, 11) is 1.79. The Bertz CT molecular complexity index is 401. The smallest absolute Gasteiger partial charge is 0.240 e. The lowest BCUT2D eigenvalue weighted by Crippen LogP contribution is -2.36. The van der Waals surface area contributed by atoms with Crippen molar-refractivity contribution in [1.82, 2.24) is 20.1 Å². The molecular weight excluding hydrogens is 194 g/mol. The standard InChI is InChI=1S/C9H13N5O/c1-9(2,5-10)8(15)11-4-7-13-12-6-14(7)3/h6H,4H2,1-3H3,(H,11,15). The second-order valence-corrected chi connectivity index (χ2v) is 3.78. The molecule has 0 radical (unpaired) electrons. The van der Waals surface area contributed by atoms with E-state index in [9.17, 15) is 4.79 Å². The summed E-state index contributed by atoms with van der Waals surface area (Å²) in [6.45, 7) is 3.42. The van der Waals surface area contributed by atoms with Crippen LogP contribution in [-0.4, -0.2) is 20.7 Å². The normalized spacial score (nSPS) is 10.8. The number of hydrogen-bond acceptors (Lipinski definition) is 4. The number of rotatable bonds is 3. The van der Waals surface area contributed by atoms with Crippen molar-refractivity contribution < 1.29 is 4.79 Å². The molecule has 0 fully saturated rings. The van der Waals surface area contributed by atoms with Crippen molar-refractivity contribution in [1.29, 1.82) is 5.26 Å². The first-order valence-electron chi connectivity index (χ1n) is 4.50. The van der Waals surface area contributed by atoms with Gasteiger partial charge in [0.25, 0.3) is 0 Å². The predicted octanol–water partition coefficient (Wildman–Crippen LogP) is -0.0189. The molecule has 1 rings (SSSR count). The molecule has 0 aliphatic carbocycles. The highest BCUT2D eigenvalue weighted by molar-refractivity contribution is 5.84. The van der Waals surface area contributed by atoms with Crippen LogP contribution < -0.4 is 5.32 Å². The number of carbonyl (C=O) groups is 1. The molecule has 0 bridgehead atoms. The van der Waals surface area contributed by atoms with Gasteiger partial charge >= 0.3 is 0 Å². The summed E-state index contributed by atoms with van der Waals surface area (Å²) < 4.78 is 1.71. The van der Waals surface area contributed by atoms with Gasteiger partial charge in [-0.3, -0.25) is 4.79 Å². The lowest BCUT2D eigenvalue weighted by atomic mass is 9.95. The second-order valence-electron chi connectivity index (χ2n) is 3.78. The highest BCUT2D eigenvalue weighted by Gasteiger charge is 2.26. The van der Waals surface area contributed by atoms with Gasteiger partial charge in [0.2, 0.25) is 5.91 Å². The Morgan fingerprint density at radius 2 is 2.40 bits per heavy atom. The first kappa shape index (κ1) is 11.2. The Balaban J connectivity index is 2.56. The number of aryl methyl sites for hydroxylation is 1. The number of hydrogen-bond donors (Lipinski definition) is 1. The zero-order chi connectivity index (χ0) is 11.5. The van der Waals surface area contributed by atoms with E-state index in [1.807, 2.05) is 6.07 Å². The number of aromatic nitrogens is 3. The van der Waals surface area contributed by atoms with E-state index in [0.717, 1.165) is 0 Å². The van der Waals surface area contributed by atoms with Crippen LogP contribution in [0.2, 0.25) is 0 Å². The van der Waals surface area contributed by atoms with E-state index in [-0.39, 0.29) is 12.5 Å². The number of carbonyl (C=O) groups excluding carboxylic acids is 1. The van der Waals surface area contributed by atoms with E-state index in [1.165, 1.54) is 0 Å². The summed E-state index contributed by atoms with van der Waals surface area (Å²) in [5.74, 6) is 0.338. The molecule has 0 aromatic carbocycles. The molecule has 1 aromatic rings. The largest absolute Gasteiger partial charge is 0.347 e. The van der Waals surface area contributed by atoms with Crippen LogP contribution in [0.15, 0.2) is 6.33 Å². The van der Waals surface area contributed by atoms with Crippen LogP contribution in [0.5, 0.6) is 0 Å². The van der Waals surface area contributed by atoms with Gasteiger partial charge in [-0.2, -0.15) is 5.26 Å². The number of nitriles is 1. The molecule has 1 heterocycles. The van der Waals surface area contributed by atoms with Crippen molar-refractivity contribution in [2.75, 3.05) is 0 Å². The monoisotopic (exact) mass is 207 g/mol. The molecule has 0 saturated carbocycles. The van der Waals surface area contributed by atoms with Crippen molar-refractivity contribution in [3.63, 3.8) is 0 Å². The SMILES string of the molecule is Cn1cnnc1CNC(=O)C(C)(C)C#N. The molecule has 1 aromatic heterocycles. The second kappa shape index (κ2) is 4.09. The molecule has 1 amide bonds. The van der Waals surface area contributed by atoms with E-state index in [4.69, 9.17) is 5.26 Å². The van der Waals surface area contributed by atoms with Gasteiger partial charge in [-0.15, -0.1) is 10.2 Å². The maximum atomic E-state index is 11.5. The minimum Gasteiger partial charge on any atom is -0.347 e. The molecule has 15 heavy (non-hydrogen) atoms. The third-order valence-corrected chi connectivity index (χ3v) is 2.06. The summed E-state index contributed by atoms with van der Waals surface area (Å²) >= 11 is 0. The lowest BCUT2D eigenvalue weighted by Gasteiger charge is -2.14. The third-order valence-electron chi connectivity index (χ3n) is 2.06. The topological polar surface area (TPSA) is 83.6 Å². The molecular formula is C9H13N5O.